The van der Waals surface area contributed by atoms with E-state index in [9.17, 15) is 12.6 Å². The Morgan fingerprint density at radius 2 is 1.47 bits per heavy atom. The maximum Gasteiger partial charge on any atom is 0.277 e. The molecule has 0 saturated carbocycles. The van der Waals surface area contributed by atoms with Crippen molar-refractivity contribution >= 4 is 69.5 Å². The first-order valence-corrected chi connectivity index (χ1v) is 21.1. The van der Waals surface area contributed by atoms with E-state index in [0.29, 0.717) is 35.9 Å². The third-order valence-corrected chi connectivity index (χ3v) is 12.3. The second-order valence-corrected chi connectivity index (χ2v) is 17.1. The summed E-state index contributed by atoms with van der Waals surface area (Å²) < 4.78 is 57.1. The van der Waals surface area contributed by atoms with E-state index in [1.165, 1.54) is 4.31 Å². The molecule has 5 heterocycles. The summed E-state index contributed by atoms with van der Waals surface area (Å²) >= 11 is 0. The molecule has 4 aromatic heterocycles. The molecule has 300 valence electrons. The standard InChI is InChI=1S/C22H22N4O4S.C19H18N4O2S.CH4/c1-29-20-10-18-19(11-21(20)30-2)24-12-15-6-8-26(22(15)18)17-4-3-14-5-7-25(31(23,27)28)13-16(14)9-17;1-25-14-5-8-16-17(9-14)21-10-18-19(16)23(12-22-18)11-13-3-6-15(7-4-13)26(2,20)24;/h3-4,6,8-12H,5,7,13H2,1-2H3,(H2,23,27,28);3-10,12H,2,11H2,1H3,(H2,20,24);1H4. The number of nitrogens with zero attached hydrogens (tertiary/aromatic N) is 6. The van der Waals surface area contributed by atoms with Crippen molar-refractivity contribution in [2.45, 2.75) is 31.8 Å². The van der Waals surface area contributed by atoms with Gasteiger partial charge >= 0.3 is 0 Å². The third kappa shape index (κ3) is 7.67. The largest absolute Gasteiger partial charge is 0.497 e. The van der Waals surface area contributed by atoms with E-state index in [0.717, 1.165) is 71.9 Å². The number of hydrogen-bond acceptors (Lipinski definition) is 9. The maximum atomic E-state index is 11.8. The van der Waals surface area contributed by atoms with E-state index in [1.807, 2.05) is 67.0 Å². The highest BCUT2D eigenvalue weighted by atomic mass is 32.2. The van der Waals surface area contributed by atoms with E-state index in [-0.39, 0.29) is 14.0 Å². The second-order valence-electron chi connectivity index (χ2n) is 13.7. The fourth-order valence-corrected chi connectivity index (χ4v) is 8.51. The van der Waals surface area contributed by atoms with Crippen LogP contribution in [0, 0.1) is 0 Å². The first kappa shape index (κ1) is 40.2. The summed E-state index contributed by atoms with van der Waals surface area (Å²) in [6.07, 6.45) is 8.04. The molecule has 0 bridgehead atoms. The molecule has 4 aromatic carbocycles. The molecule has 1 aliphatic heterocycles. The van der Waals surface area contributed by atoms with Gasteiger partial charge in [-0.2, -0.15) is 12.7 Å². The van der Waals surface area contributed by atoms with Crippen molar-refractivity contribution < 1.29 is 26.8 Å². The molecule has 16 heteroatoms. The van der Waals surface area contributed by atoms with Crippen molar-refractivity contribution in [1.29, 1.82) is 0 Å². The van der Waals surface area contributed by atoms with Crippen LogP contribution in [0.3, 0.4) is 0 Å². The lowest BCUT2D eigenvalue weighted by atomic mass is 10.0. The third-order valence-electron chi connectivity index (χ3n) is 10.1. The number of aromatic nitrogens is 5. The predicted molar refractivity (Wildman–Crippen MR) is 230 cm³/mol. The Morgan fingerprint density at radius 3 is 2.17 bits per heavy atom. The van der Waals surface area contributed by atoms with Gasteiger partial charge in [0.15, 0.2) is 11.5 Å². The van der Waals surface area contributed by atoms with Crippen LogP contribution in [-0.2, 0) is 39.4 Å². The van der Waals surface area contributed by atoms with Crippen LogP contribution in [0.5, 0.6) is 17.2 Å². The van der Waals surface area contributed by atoms with Crippen molar-refractivity contribution in [2.24, 2.45) is 10.3 Å². The van der Waals surface area contributed by atoms with E-state index in [4.69, 9.17) is 24.5 Å². The minimum atomic E-state index is -3.72. The summed E-state index contributed by atoms with van der Waals surface area (Å²) in [6, 6.07) is 25.1. The SMILES string of the molecule is C.C=S(N)(=O)c1ccc(Cn2cnc3cnc4cc(OC)ccc4c32)cc1.COc1cc2ncc3ccn(-c4ccc5c(c4)CN(S(N)(=O)=O)CC5)c3c2cc1OC. The molecule has 1 atom stereocenters. The van der Waals surface area contributed by atoms with Gasteiger partial charge in [0.25, 0.3) is 10.2 Å². The molecule has 0 saturated heterocycles. The molecular weight excluding hydrogens is 777 g/mol. The molecule has 1 aliphatic rings. The van der Waals surface area contributed by atoms with Crippen molar-refractivity contribution in [3.8, 4) is 22.9 Å². The highest BCUT2D eigenvalue weighted by Gasteiger charge is 2.24. The zero-order chi connectivity index (χ0) is 40.1. The maximum absolute atomic E-state index is 11.8. The lowest BCUT2D eigenvalue weighted by Gasteiger charge is -2.26. The second kappa shape index (κ2) is 15.7. The minimum absolute atomic E-state index is 0. The van der Waals surface area contributed by atoms with E-state index < -0.39 is 19.9 Å². The number of methoxy groups -OCH3 is 3. The number of ether oxygens (including phenoxy) is 3. The Hall–Kier alpha value is -6.04. The lowest BCUT2D eigenvalue weighted by molar-refractivity contribution is 0.356. The predicted octanol–water partition coefficient (Wildman–Crippen LogP) is 5.98. The molecule has 4 N–H and O–H groups in total. The van der Waals surface area contributed by atoms with Crippen LogP contribution in [0.2, 0.25) is 0 Å². The van der Waals surface area contributed by atoms with Crippen LogP contribution in [0.15, 0.2) is 109 Å². The van der Waals surface area contributed by atoms with Crippen LogP contribution < -0.4 is 24.5 Å². The Balaban J connectivity index is 0.000000176. The molecule has 0 radical (unpaired) electrons. The fraction of sp³-hybridized carbons (Fsp3) is 0.190. The molecule has 0 fully saturated rings. The fourth-order valence-electron chi connectivity index (χ4n) is 7.24. The molecular formula is C42H44N8O6S2. The molecule has 0 amide bonds. The summed E-state index contributed by atoms with van der Waals surface area (Å²) in [7, 11) is -1.57. The van der Waals surface area contributed by atoms with Crippen molar-refractivity contribution in [2.75, 3.05) is 27.9 Å². The highest BCUT2D eigenvalue weighted by Crippen LogP contribution is 2.36. The van der Waals surface area contributed by atoms with Gasteiger partial charge in [-0.25, -0.2) is 14.3 Å². The average molecular weight is 821 g/mol. The van der Waals surface area contributed by atoms with Gasteiger partial charge in [-0.15, -0.1) is 0 Å². The molecule has 58 heavy (non-hydrogen) atoms. The molecule has 9 rings (SSSR count). The number of imidazole rings is 1. The summed E-state index contributed by atoms with van der Waals surface area (Å²) in [6.45, 7) is 1.30. The van der Waals surface area contributed by atoms with E-state index in [1.54, 1.807) is 46.0 Å². The molecule has 14 nitrogen and oxygen atoms in total. The van der Waals surface area contributed by atoms with Crippen molar-refractivity contribution in [3.05, 3.63) is 120 Å². The van der Waals surface area contributed by atoms with Gasteiger partial charge in [-0.1, -0.05) is 25.6 Å². The number of rotatable bonds is 8. The van der Waals surface area contributed by atoms with Crippen LogP contribution in [0.25, 0.3) is 49.4 Å². The number of fused-ring (bicyclic) bond motifs is 7. The lowest BCUT2D eigenvalue weighted by Crippen LogP contribution is -2.40. The molecule has 0 spiro atoms. The van der Waals surface area contributed by atoms with Crippen molar-refractivity contribution in [1.82, 2.24) is 28.4 Å². The van der Waals surface area contributed by atoms with Gasteiger partial charge in [0.05, 0.1) is 65.6 Å². The molecule has 8 aromatic rings. The number of benzene rings is 4. The zero-order valence-corrected chi connectivity index (χ0v) is 33.1. The number of hydrogen-bond donors (Lipinski definition) is 2. The van der Waals surface area contributed by atoms with Crippen LogP contribution >= 0.6 is 0 Å². The quantitative estimate of drug-likeness (QED) is 0.174. The minimum Gasteiger partial charge on any atom is -0.497 e. The first-order valence-electron chi connectivity index (χ1n) is 17.8. The normalized spacial score (nSPS) is 14.0. The van der Waals surface area contributed by atoms with Gasteiger partial charge in [-0.3, -0.25) is 15.1 Å². The van der Waals surface area contributed by atoms with Gasteiger partial charge in [0, 0.05) is 70.9 Å². The highest BCUT2D eigenvalue weighted by molar-refractivity contribution is 7.98. The topological polar surface area (TPSA) is 183 Å². The number of pyridine rings is 2. The number of nitrogens with two attached hydrogens (primary N) is 2. The average Bonchev–Trinajstić information content (AvgIpc) is 3.84. The van der Waals surface area contributed by atoms with Gasteiger partial charge < -0.3 is 23.3 Å². The monoisotopic (exact) mass is 820 g/mol. The van der Waals surface area contributed by atoms with Crippen LogP contribution in [0.1, 0.15) is 24.1 Å². The summed E-state index contributed by atoms with van der Waals surface area (Å²) in [5.41, 5.74) is 8.57. The van der Waals surface area contributed by atoms with Gasteiger partial charge in [-0.05, 0) is 77.5 Å². The van der Waals surface area contributed by atoms with Crippen LogP contribution in [-0.4, -0.2) is 74.8 Å². The van der Waals surface area contributed by atoms with E-state index >= 15 is 0 Å². The van der Waals surface area contributed by atoms with Gasteiger partial charge in [0.1, 0.15) is 11.3 Å². The van der Waals surface area contributed by atoms with Crippen molar-refractivity contribution in [3.63, 3.8) is 0 Å². The molecule has 1 unspecified atom stereocenters. The summed E-state index contributed by atoms with van der Waals surface area (Å²) in [4.78, 5) is 14.0. The molecule has 0 aliphatic carbocycles. The van der Waals surface area contributed by atoms with E-state index in [2.05, 4.69) is 42.1 Å². The Labute approximate surface area is 336 Å². The Morgan fingerprint density at radius 1 is 0.741 bits per heavy atom. The van der Waals surface area contributed by atoms with Crippen LogP contribution in [0.4, 0.5) is 0 Å². The summed E-state index contributed by atoms with van der Waals surface area (Å²) in [5, 5.41) is 13.9. The van der Waals surface area contributed by atoms with Gasteiger partial charge in [0.2, 0.25) is 0 Å². The Bertz CT molecular complexity index is 3050. The smallest absolute Gasteiger partial charge is 0.277 e. The summed E-state index contributed by atoms with van der Waals surface area (Å²) in [5.74, 6) is 5.53. The first-order chi connectivity index (χ1) is 27.3. The Kier molecular flexibility index (Phi) is 10.9. The zero-order valence-electron chi connectivity index (χ0n) is 31.5.